The predicted octanol–water partition coefficient (Wildman–Crippen LogP) is 3.61. The van der Waals surface area contributed by atoms with Crippen LogP contribution in [0.25, 0.3) is 0 Å². The first-order valence-corrected chi connectivity index (χ1v) is 8.83. The largest absolute Gasteiger partial charge is 0.497 e. The van der Waals surface area contributed by atoms with Gasteiger partial charge in [0, 0.05) is 19.8 Å². The van der Waals surface area contributed by atoms with Crippen molar-refractivity contribution in [3.8, 4) is 11.5 Å². The number of anilines is 2. The van der Waals surface area contributed by atoms with Crippen molar-refractivity contribution in [1.82, 2.24) is 9.97 Å². The number of hydrogen-bond acceptors (Lipinski definition) is 6. The fourth-order valence-corrected chi connectivity index (χ4v) is 2.58. The number of nitrogens with one attached hydrogen (secondary N) is 1. The number of methoxy groups -OCH3 is 1. The van der Waals surface area contributed by atoms with E-state index in [0.29, 0.717) is 19.1 Å². The second-order valence-corrected chi connectivity index (χ2v) is 6.03. The molecule has 1 N–H and O–H groups in total. The number of ether oxygens (including phenoxy) is 2. The van der Waals surface area contributed by atoms with Crippen LogP contribution in [0.4, 0.5) is 11.8 Å². The van der Waals surface area contributed by atoms with E-state index in [2.05, 4.69) is 27.4 Å². The van der Waals surface area contributed by atoms with Gasteiger partial charge >= 0.3 is 0 Å². The van der Waals surface area contributed by atoms with Crippen molar-refractivity contribution in [2.75, 3.05) is 37.5 Å². The van der Waals surface area contributed by atoms with Crippen LogP contribution in [0.15, 0.2) is 66.9 Å². The van der Waals surface area contributed by atoms with Gasteiger partial charge in [0.15, 0.2) is 0 Å². The summed E-state index contributed by atoms with van der Waals surface area (Å²) in [6, 6.07) is 19.6. The van der Waals surface area contributed by atoms with Crippen LogP contribution >= 0.6 is 0 Å². The summed E-state index contributed by atoms with van der Waals surface area (Å²) in [6.07, 6.45) is 1.76. The highest BCUT2D eigenvalue weighted by atomic mass is 16.5. The lowest BCUT2D eigenvalue weighted by Gasteiger charge is -2.17. The zero-order valence-electron chi connectivity index (χ0n) is 15.6. The third kappa shape index (κ3) is 5.60. The minimum Gasteiger partial charge on any atom is -0.497 e. The first-order valence-electron chi connectivity index (χ1n) is 8.83. The molecule has 3 aromatic rings. The molecular weight excluding hydrogens is 340 g/mol. The molecule has 0 unspecified atom stereocenters. The summed E-state index contributed by atoms with van der Waals surface area (Å²) in [7, 11) is 3.63. The van der Waals surface area contributed by atoms with E-state index in [1.807, 2.05) is 60.5 Å². The molecule has 6 heteroatoms. The highest BCUT2D eigenvalue weighted by molar-refractivity contribution is 5.41. The molecular formula is C21H24N4O2. The molecule has 1 aromatic heterocycles. The van der Waals surface area contributed by atoms with E-state index in [1.165, 1.54) is 5.56 Å². The average Bonchev–Trinajstić information content (AvgIpc) is 2.72. The van der Waals surface area contributed by atoms with Crippen LogP contribution in [-0.2, 0) is 6.54 Å². The Hall–Kier alpha value is -3.28. The summed E-state index contributed by atoms with van der Waals surface area (Å²) in [6.45, 7) is 1.93. The van der Waals surface area contributed by atoms with Crippen molar-refractivity contribution in [2.24, 2.45) is 0 Å². The van der Waals surface area contributed by atoms with Crippen molar-refractivity contribution in [3.63, 3.8) is 0 Å². The lowest BCUT2D eigenvalue weighted by molar-refractivity contribution is 0.331. The highest BCUT2D eigenvalue weighted by Gasteiger charge is 2.06. The van der Waals surface area contributed by atoms with Crippen molar-refractivity contribution in [1.29, 1.82) is 0 Å². The molecule has 2 aromatic carbocycles. The first kappa shape index (κ1) is 18.5. The molecule has 27 heavy (non-hydrogen) atoms. The Morgan fingerprint density at radius 2 is 1.70 bits per heavy atom. The molecule has 6 nitrogen and oxygen atoms in total. The van der Waals surface area contributed by atoms with Crippen molar-refractivity contribution >= 4 is 11.8 Å². The Morgan fingerprint density at radius 3 is 2.44 bits per heavy atom. The number of aromatic nitrogens is 2. The van der Waals surface area contributed by atoms with Gasteiger partial charge in [-0.05, 0) is 35.9 Å². The molecule has 0 saturated heterocycles. The van der Waals surface area contributed by atoms with Crippen LogP contribution in [0.1, 0.15) is 5.56 Å². The number of rotatable bonds is 9. The van der Waals surface area contributed by atoms with Crippen molar-refractivity contribution in [3.05, 3.63) is 72.4 Å². The Labute approximate surface area is 159 Å². The molecule has 140 valence electrons. The molecule has 0 atom stereocenters. The molecule has 0 saturated carbocycles. The van der Waals surface area contributed by atoms with Gasteiger partial charge in [-0.3, -0.25) is 0 Å². The maximum Gasteiger partial charge on any atom is 0.227 e. The summed E-state index contributed by atoms with van der Waals surface area (Å²) in [5.74, 6) is 3.08. The van der Waals surface area contributed by atoms with Gasteiger partial charge in [0.25, 0.3) is 0 Å². The SMILES string of the molecule is COc1ccc(OCCNc2ccnc(N(C)Cc3ccccc3)n2)cc1. The van der Waals surface area contributed by atoms with E-state index in [9.17, 15) is 0 Å². The fraction of sp³-hybridized carbons (Fsp3) is 0.238. The molecule has 0 aliphatic rings. The van der Waals surface area contributed by atoms with E-state index in [0.717, 1.165) is 23.9 Å². The Balaban J connectivity index is 1.48. The summed E-state index contributed by atoms with van der Waals surface area (Å²) in [4.78, 5) is 10.9. The Bertz CT molecular complexity index is 825. The normalized spacial score (nSPS) is 10.3. The molecule has 0 spiro atoms. The molecule has 0 amide bonds. The fourth-order valence-electron chi connectivity index (χ4n) is 2.58. The standard InChI is InChI=1S/C21H24N4O2/c1-25(16-17-6-4-3-5-7-17)21-23-13-12-20(24-21)22-14-15-27-19-10-8-18(26-2)9-11-19/h3-13H,14-16H2,1-2H3,(H,22,23,24). The summed E-state index contributed by atoms with van der Waals surface area (Å²) < 4.78 is 10.8. The Kier molecular flexibility index (Phi) is 6.46. The van der Waals surface area contributed by atoms with Gasteiger partial charge in [-0.2, -0.15) is 4.98 Å². The zero-order chi connectivity index (χ0) is 18.9. The molecule has 1 heterocycles. The quantitative estimate of drug-likeness (QED) is 0.585. The van der Waals surface area contributed by atoms with Crippen LogP contribution < -0.4 is 19.7 Å². The highest BCUT2D eigenvalue weighted by Crippen LogP contribution is 2.17. The first-order chi connectivity index (χ1) is 13.2. The lowest BCUT2D eigenvalue weighted by Crippen LogP contribution is -2.20. The summed E-state index contributed by atoms with van der Waals surface area (Å²) in [5, 5.41) is 3.27. The molecule has 0 bridgehead atoms. The molecule has 0 fully saturated rings. The molecule has 0 aliphatic carbocycles. The van der Waals surface area contributed by atoms with Crippen LogP contribution in [0, 0.1) is 0 Å². The van der Waals surface area contributed by atoms with Gasteiger partial charge in [0.1, 0.15) is 23.9 Å². The summed E-state index contributed by atoms with van der Waals surface area (Å²) >= 11 is 0. The minimum absolute atomic E-state index is 0.533. The van der Waals surface area contributed by atoms with Crippen molar-refractivity contribution < 1.29 is 9.47 Å². The van der Waals surface area contributed by atoms with Gasteiger partial charge < -0.3 is 19.7 Å². The van der Waals surface area contributed by atoms with E-state index in [-0.39, 0.29) is 0 Å². The topological polar surface area (TPSA) is 59.5 Å². The smallest absolute Gasteiger partial charge is 0.227 e. The van der Waals surface area contributed by atoms with E-state index in [4.69, 9.17) is 9.47 Å². The lowest BCUT2D eigenvalue weighted by atomic mass is 10.2. The molecule has 0 radical (unpaired) electrons. The van der Waals surface area contributed by atoms with Gasteiger partial charge in [0.2, 0.25) is 5.95 Å². The molecule has 0 aliphatic heterocycles. The minimum atomic E-state index is 0.533. The number of benzene rings is 2. The van der Waals surface area contributed by atoms with Crippen LogP contribution in [0.5, 0.6) is 11.5 Å². The second-order valence-electron chi connectivity index (χ2n) is 6.03. The summed E-state index contributed by atoms with van der Waals surface area (Å²) in [5.41, 5.74) is 1.22. The van der Waals surface area contributed by atoms with Gasteiger partial charge in [-0.25, -0.2) is 4.98 Å². The third-order valence-corrected chi connectivity index (χ3v) is 3.98. The van der Waals surface area contributed by atoms with E-state index in [1.54, 1.807) is 13.3 Å². The Morgan fingerprint density at radius 1 is 0.963 bits per heavy atom. The van der Waals surface area contributed by atoms with Crippen LogP contribution in [-0.4, -0.2) is 37.3 Å². The second kappa shape index (κ2) is 9.43. The monoisotopic (exact) mass is 364 g/mol. The predicted molar refractivity (Wildman–Crippen MR) is 108 cm³/mol. The van der Waals surface area contributed by atoms with Gasteiger partial charge in [0.05, 0.1) is 13.7 Å². The van der Waals surface area contributed by atoms with Crippen molar-refractivity contribution in [2.45, 2.75) is 6.54 Å². The zero-order valence-corrected chi connectivity index (χ0v) is 15.6. The average molecular weight is 364 g/mol. The van der Waals surface area contributed by atoms with Gasteiger partial charge in [-0.1, -0.05) is 30.3 Å². The third-order valence-electron chi connectivity index (χ3n) is 3.98. The van der Waals surface area contributed by atoms with Crippen LogP contribution in [0.3, 0.4) is 0 Å². The van der Waals surface area contributed by atoms with E-state index < -0.39 is 0 Å². The molecule has 3 rings (SSSR count). The number of nitrogens with zero attached hydrogens (tertiary/aromatic N) is 3. The van der Waals surface area contributed by atoms with Crippen LogP contribution in [0.2, 0.25) is 0 Å². The van der Waals surface area contributed by atoms with E-state index >= 15 is 0 Å². The number of hydrogen-bond donors (Lipinski definition) is 1. The van der Waals surface area contributed by atoms with Gasteiger partial charge in [-0.15, -0.1) is 0 Å². The maximum absolute atomic E-state index is 5.71. The maximum atomic E-state index is 5.71.